The van der Waals surface area contributed by atoms with E-state index < -0.39 is 55.7 Å². The summed E-state index contributed by atoms with van der Waals surface area (Å²) < 4.78 is -1.29. The minimum atomic E-state index is -1.29. The second kappa shape index (κ2) is 11.5. The summed E-state index contributed by atoms with van der Waals surface area (Å²) in [6.07, 6.45) is -0.0768. The number of hydrogen-bond acceptors (Lipinski definition) is 6. The molecule has 33 heavy (non-hydrogen) atoms. The number of quaternary nitrogens is 1. The molecular formula is C26H47NO6. The average molecular weight is 470 g/mol. The van der Waals surface area contributed by atoms with Gasteiger partial charge in [0, 0.05) is 5.97 Å². The summed E-state index contributed by atoms with van der Waals surface area (Å²) in [7, 11) is 0. The minimum Gasteiger partial charge on any atom is -0.550 e. The molecule has 0 saturated heterocycles. The normalized spacial score (nSPS) is 13.0. The molecular weight excluding hydrogens is 422 g/mol. The van der Waals surface area contributed by atoms with Crippen LogP contribution in [0, 0.1) is 21.7 Å². The average Bonchev–Trinajstić information content (AvgIpc) is 2.38. The summed E-state index contributed by atoms with van der Waals surface area (Å²) in [6.45, 7) is 23.4. The lowest BCUT2D eigenvalue weighted by Crippen LogP contribution is -2.66. The number of carboxylic acid groups (broad SMARTS) is 1. The van der Waals surface area contributed by atoms with Crippen LogP contribution in [0.2, 0.25) is 0 Å². The Morgan fingerprint density at radius 1 is 0.485 bits per heavy atom. The van der Waals surface area contributed by atoms with Crippen LogP contribution in [0.4, 0.5) is 0 Å². The zero-order valence-electron chi connectivity index (χ0n) is 23.2. The zero-order chi connectivity index (χ0) is 27.2. The molecule has 0 rings (SSSR count). The standard InChI is InChI=1S/C24H44NO4.C2H4O2/c1-21(2,3)13-17(26)25(18(27)14-22(4,5)6,19(28)15-23(7,8)9)20(29)16-24(10,11)12;1-2(3)4/h13-16H2,1-12H3;1H3,(H,3,4)/q+1;/p-1. The topological polar surface area (TPSA) is 108 Å². The van der Waals surface area contributed by atoms with Crippen LogP contribution in [0.3, 0.4) is 0 Å². The third-order valence-electron chi connectivity index (χ3n) is 4.22. The third-order valence-corrected chi connectivity index (χ3v) is 4.22. The van der Waals surface area contributed by atoms with Crippen LogP contribution in [0.5, 0.6) is 0 Å². The smallest absolute Gasteiger partial charge is 0.336 e. The van der Waals surface area contributed by atoms with Crippen molar-refractivity contribution in [3.8, 4) is 0 Å². The highest BCUT2D eigenvalue weighted by Gasteiger charge is 2.59. The number of nitrogens with zero attached hydrogens (tertiary/aromatic N) is 1. The van der Waals surface area contributed by atoms with Gasteiger partial charge in [-0.15, -0.1) is 0 Å². The SMILES string of the molecule is CC(=O)[O-].CC(C)(C)CC(=O)[N+](C(=O)CC(C)(C)C)(C(=O)CC(C)(C)C)C(=O)CC(C)(C)C. The molecule has 0 fully saturated rings. The Hall–Kier alpha value is -1.89. The molecule has 0 aromatic carbocycles. The lowest BCUT2D eigenvalue weighted by molar-refractivity contribution is -0.631. The maximum atomic E-state index is 13.6. The van der Waals surface area contributed by atoms with Crippen LogP contribution in [0.15, 0.2) is 0 Å². The van der Waals surface area contributed by atoms with Crippen LogP contribution in [0.1, 0.15) is 116 Å². The van der Waals surface area contributed by atoms with Crippen molar-refractivity contribution in [1.29, 1.82) is 0 Å². The molecule has 0 heterocycles. The largest absolute Gasteiger partial charge is 0.550 e. The van der Waals surface area contributed by atoms with E-state index in [1.807, 2.05) is 83.1 Å². The Balaban J connectivity index is 0. The molecule has 0 aliphatic heterocycles. The van der Waals surface area contributed by atoms with E-state index in [2.05, 4.69) is 0 Å². The van der Waals surface area contributed by atoms with Gasteiger partial charge in [0.25, 0.3) is 0 Å². The van der Waals surface area contributed by atoms with Gasteiger partial charge in [-0.3, -0.25) is 0 Å². The Morgan fingerprint density at radius 2 is 0.606 bits per heavy atom. The predicted octanol–water partition coefficient (Wildman–Crippen LogP) is 4.41. The second-order valence-corrected chi connectivity index (χ2v) is 13.7. The lowest BCUT2D eigenvalue weighted by Gasteiger charge is -2.35. The Bertz CT molecular complexity index is 615. The maximum Gasteiger partial charge on any atom is 0.336 e. The summed E-state index contributed by atoms with van der Waals surface area (Å²) in [5, 5.41) is 8.89. The van der Waals surface area contributed by atoms with Crippen LogP contribution in [-0.4, -0.2) is 34.1 Å². The molecule has 4 amide bonds. The summed E-state index contributed by atoms with van der Waals surface area (Å²) in [5.41, 5.74) is -1.81. The summed E-state index contributed by atoms with van der Waals surface area (Å²) in [4.78, 5) is 63.2. The van der Waals surface area contributed by atoms with Crippen molar-refractivity contribution in [3.63, 3.8) is 0 Å². The van der Waals surface area contributed by atoms with Crippen molar-refractivity contribution in [2.75, 3.05) is 0 Å². The van der Waals surface area contributed by atoms with Crippen LogP contribution >= 0.6 is 0 Å². The number of carbonyl (C=O) groups is 5. The number of aliphatic carboxylic acids is 1. The molecule has 0 unspecified atom stereocenters. The Labute approximate surface area is 200 Å². The fourth-order valence-electron chi connectivity index (χ4n) is 3.12. The summed E-state index contributed by atoms with van der Waals surface area (Å²) >= 11 is 0. The van der Waals surface area contributed by atoms with E-state index in [-0.39, 0.29) is 25.7 Å². The van der Waals surface area contributed by atoms with E-state index in [1.165, 1.54) is 0 Å². The fraction of sp³-hybridized carbons (Fsp3) is 0.808. The first-order valence-electron chi connectivity index (χ1n) is 11.4. The van der Waals surface area contributed by atoms with Gasteiger partial charge in [-0.2, -0.15) is 0 Å². The fourth-order valence-corrected chi connectivity index (χ4v) is 3.12. The highest BCUT2D eigenvalue weighted by molar-refractivity contribution is 6.09. The van der Waals surface area contributed by atoms with Crippen molar-refractivity contribution in [3.05, 3.63) is 0 Å². The molecule has 0 aromatic rings. The van der Waals surface area contributed by atoms with E-state index in [0.717, 1.165) is 6.92 Å². The highest BCUT2D eigenvalue weighted by atomic mass is 16.4. The monoisotopic (exact) mass is 469 g/mol. The quantitative estimate of drug-likeness (QED) is 0.564. The number of amides is 4. The predicted molar refractivity (Wildman–Crippen MR) is 127 cm³/mol. The minimum absolute atomic E-state index is 0.0192. The van der Waals surface area contributed by atoms with E-state index in [9.17, 15) is 19.2 Å². The molecule has 0 spiro atoms. The first kappa shape index (κ1) is 33.3. The number of imide groups is 6. The highest BCUT2D eigenvalue weighted by Crippen LogP contribution is 2.34. The lowest BCUT2D eigenvalue weighted by atomic mass is 9.85. The van der Waals surface area contributed by atoms with Gasteiger partial charge in [-0.1, -0.05) is 87.6 Å². The number of carbonyl (C=O) groups excluding carboxylic acids is 5. The number of carboxylic acids is 1. The van der Waals surface area contributed by atoms with Gasteiger partial charge in [0.15, 0.2) is 0 Å². The maximum absolute atomic E-state index is 13.6. The zero-order valence-corrected chi connectivity index (χ0v) is 23.2. The molecule has 7 nitrogen and oxygen atoms in total. The molecule has 0 aliphatic rings. The first-order chi connectivity index (χ1) is 14.2. The van der Waals surface area contributed by atoms with Crippen molar-refractivity contribution in [1.82, 2.24) is 0 Å². The molecule has 0 aliphatic carbocycles. The van der Waals surface area contributed by atoms with Gasteiger partial charge in [0.2, 0.25) is 0 Å². The van der Waals surface area contributed by atoms with Gasteiger partial charge < -0.3 is 9.90 Å². The van der Waals surface area contributed by atoms with Gasteiger partial charge in [-0.05, 0) is 28.6 Å². The van der Waals surface area contributed by atoms with Crippen LogP contribution in [0.25, 0.3) is 0 Å². The molecule has 7 heteroatoms. The number of rotatable bonds is 4. The molecule has 192 valence electrons. The summed E-state index contributed by atoms with van der Waals surface area (Å²) in [5.74, 6) is -3.49. The Kier molecular flexibility index (Phi) is 11.6. The van der Waals surface area contributed by atoms with Gasteiger partial charge >= 0.3 is 23.6 Å². The number of hydrogen-bond donors (Lipinski definition) is 0. The van der Waals surface area contributed by atoms with Crippen molar-refractivity contribution in [2.45, 2.75) is 116 Å². The third kappa shape index (κ3) is 13.4. The van der Waals surface area contributed by atoms with Crippen LogP contribution < -0.4 is 5.11 Å². The molecule has 0 atom stereocenters. The molecule has 0 radical (unpaired) electrons. The van der Waals surface area contributed by atoms with Crippen molar-refractivity contribution < 1.29 is 33.6 Å². The molecule has 0 saturated carbocycles. The molecule has 0 bridgehead atoms. The van der Waals surface area contributed by atoms with Crippen molar-refractivity contribution >= 4 is 29.6 Å². The van der Waals surface area contributed by atoms with E-state index in [1.54, 1.807) is 0 Å². The molecule has 0 aromatic heterocycles. The van der Waals surface area contributed by atoms with Gasteiger partial charge in [-0.25, -0.2) is 19.2 Å². The van der Waals surface area contributed by atoms with E-state index in [0.29, 0.717) is 0 Å². The van der Waals surface area contributed by atoms with E-state index >= 15 is 0 Å². The summed E-state index contributed by atoms with van der Waals surface area (Å²) in [6, 6.07) is 0. The Morgan fingerprint density at radius 3 is 0.697 bits per heavy atom. The second-order valence-electron chi connectivity index (χ2n) is 13.7. The molecule has 0 N–H and O–H groups in total. The van der Waals surface area contributed by atoms with Crippen molar-refractivity contribution in [2.24, 2.45) is 21.7 Å². The first-order valence-corrected chi connectivity index (χ1v) is 11.4. The van der Waals surface area contributed by atoms with E-state index in [4.69, 9.17) is 9.90 Å². The van der Waals surface area contributed by atoms with Gasteiger partial charge in [0.1, 0.15) is 0 Å². The van der Waals surface area contributed by atoms with Gasteiger partial charge in [0.05, 0.1) is 25.7 Å². The van der Waals surface area contributed by atoms with Crippen LogP contribution in [-0.2, 0) is 24.0 Å².